The smallest absolute Gasteiger partial charge is 0.168 e. The molecular weight excluding hydrogens is 683 g/mol. The predicted molar refractivity (Wildman–Crippen MR) is 233 cm³/mol. The fourth-order valence-corrected chi connectivity index (χ4v) is 8.23. The molecule has 0 spiro atoms. The van der Waals surface area contributed by atoms with Gasteiger partial charge in [0.1, 0.15) is 17.2 Å². The van der Waals surface area contributed by atoms with Crippen LogP contribution < -0.4 is 4.90 Å². The molecule has 3 aromatic heterocycles. The molecule has 0 unspecified atom stereocenters. The van der Waals surface area contributed by atoms with Crippen molar-refractivity contribution >= 4 is 49.9 Å². The predicted octanol–water partition coefficient (Wildman–Crippen LogP) is 13.5. The normalized spacial score (nSPS) is 11.6. The summed E-state index contributed by atoms with van der Waals surface area (Å²) in [5.74, 6) is 1.30. The molecule has 0 amide bonds. The van der Waals surface area contributed by atoms with Crippen molar-refractivity contribution in [2.45, 2.75) is 19.8 Å². The van der Waals surface area contributed by atoms with E-state index in [1.165, 1.54) is 21.9 Å². The first-order chi connectivity index (χ1) is 27.6. The average Bonchev–Trinajstić information content (AvgIpc) is 3.81. The van der Waals surface area contributed by atoms with Gasteiger partial charge in [-0.1, -0.05) is 117 Å². The van der Waals surface area contributed by atoms with Crippen LogP contribution in [0.1, 0.15) is 25.3 Å². The van der Waals surface area contributed by atoms with Crippen LogP contribution in [0.25, 0.3) is 61.2 Å². The first-order valence-corrected chi connectivity index (χ1v) is 19.2. The highest BCUT2D eigenvalue weighted by Gasteiger charge is 2.21. The van der Waals surface area contributed by atoms with E-state index in [1.807, 2.05) is 6.20 Å². The molecule has 7 aromatic carbocycles. The number of nitrogens with zero attached hydrogens (tertiary/aromatic N) is 5. The Labute approximate surface area is 326 Å². The van der Waals surface area contributed by atoms with Crippen LogP contribution in [-0.4, -0.2) is 18.7 Å². The molecule has 0 saturated carbocycles. The largest absolute Gasteiger partial charge is 0.310 e. The van der Waals surface area contributed by atoms with Gasteiger partial charge < -0.3 is 4.90 Å². The second kappa shape index (κ2) is 13.9. The van der Waals surface area contributed by atoms with Gasteiger partial charge in [0.25, 0.3) is 0 Å². The average molecular weight is 723 g/mol. The molecule has 0 radical (unpaired) electrons. The summed E-state index contributed by atoms with van der Waals surface area (Å²) < 4.78 is 6.86. The van der Waals surface area contributed by atoms with Gasteiger partial charge in [-0.2, -0.15) is 9.13 Å². The topological polar surface area (TPSA) is 30.9 Å². The summed E-state index contributed by atoms with van der Waals surface area (Å²) >= 11 is 0. The van der Waals surface area contributed by atoms with Gasteiger partial charge in [0, 0.05) is 46.5 Å². The van der Waals surface area contributed by atoms with E-state index in [2.05, 4.69) is 227 Å². The minimum Gasteiger partial charge on any atom is -0.310 e. The molecule has 0 aliphatic rings. The van der Waals surface area contributed by atoms with Gasteiger partial charge in [0.2, 0.25) is 0 Å². The number of fused-ring (bicyclic) bond motifs is 4. The number of pyridine rings is 1. The highest BCUT2D eigenvalue weighted by molar-refractivity contribution is 6.10. The second-order valence-electron chi connectivity index (χ2n) is 14.6. The molecule has 10 aromatic rings. The maximum absolute atomic E-state index is 5.01. The van der Waals surface area contributed by atoms with Crippen LogP contribution >= 0.6 is 0 Å². The summed E-state index contributed by atoms with van der Waals surface area (Å²) in [5.41, 5.74) is 13.6. The Morgan fingerprint density at radius 1 is 0.482 bits per heavy atom. The van der Waals surface area contributed by atoms with Crippen LogP contribution in [0, 0.1) is 0 Å². The Hall–Kier alpha value is -7.24. The number of imidazole rings is 1. The monoisotopic (exact) mass is 722 g/mol. The Morgan fingerprint density at radius 2 is 1.09 bits per heavy atom. The third kappa shape index (κ3) is 5.73. The Balaban J connectivity index is 1.15. The van der Waals surface area contributed by atoms with E-state index in [0.29, 0.717) is 5.92 Å². The molecule has 10 rings (SSSR count). The lowest BCUT2D eigenvalue weighted by Gasteiger charge is -2.25. The third-order valence-corrected chi connectivity index (χ3v) is 10.8. The minimum atomic E-state index is 0.405. The van der Waals surface area contributed by atoms with Crippen molar-refractivity contribution < 1.29 is 0 Å². The first-order valence-electron chi connectivity index (χ1n) is 19.2. The van der Waals surface area contributed by atoms with E-state index in [1.54, 1.807) is 0 Å². The molecular formula is C51H40N5+. The van der Waals surface area contributed by atoms with Crippen LogP contribution in [-0.2, 0) is 0 Å². The zero-order valence-corrected chi connectivity index (χ0v) is 31.4. The zero-order chi connectivity index (χ0) is 37.6. The summed E-state index contributed by atoms with van der Waals surface area (Å²) in [7, 11) is 0. The SMILES string of the molecule is CC(C)c1ccccc1-c1ccnc(-n2c3ccccc3c3ccc(N(c4ccccc4)c4cccc(-n5[cH+]n(-c6ccccc6)c6ccccc65)c4)cc32)c1. The van der Waals surface area contributed by atoms with Crippen molar-refractivity contribution in [3.8, 4) is 28.3 Å². The minimum absolute atomic E-state index is 0.405. The van der Waals surface area contributed by atoms with Crippen LogP contribution in [0.5, 0.6) is 0 Å². The van der Waals surface area contributed by atoms with Gasteiger partial charge >= 0.3 is 0 Å². The number of aromatic nitrogens is 4. The molecule has 5 heteroatoms. The number of hydrogen-bond donors (Lipinski definition) is 0. The fourth-order valence-electron chi connectivity index (χ4n) is 8.23. The van der Waals surface area contributed by atoms with Gasteiger partial charge in [-0.05, 0) is 89.3 Å². The molecule has 0 fully saturated rings. The van der Waals surface area contributed by atoms with E-state index < -0.39 is 0 Å². The lowest BCUT2D eigenvalue weighted by atomic mass is 9.93. The van der Waals surface area contributed by atoms with E-state index in [-0.39, 0.29) is 0 Å². The van der Waals surface area contributed by atoms with E-state index in [0.717, 1.165) is 61.9 Å². The van der Waals surface area contributed by atoms with Crippen molar-refractivity contribution in [2.75, 3.05) is 4.90 Å². The lowest BCUT2D eigenvalue weighted by molar-refractivity contribution is 0.869. The molecule has 0 N–H and O–H groups in total. The van der Waals surface area contributed by atoms with E-state index in [9.17, 15) is 0 Å². The molecule has 5 nitrogen and oxygen atoms in total. The van der Waals surface area contributed by atoms with Gasteiger partial charge in [-0.25, -0.2) is 4.98 Å². The summed E-state index contributed by atoms with van der Waals surface area (Å²) in [5, 5.41) is 2.38. The number of benzene rings is 7. The summed E-state index contributed by atoms with van der Waals surface area (Å²) in [4.78, 5) is 7.36. The zero-order valence-electron chi connectivity index (χ0n) is 31.4. The van der Waals surface area contributed by atoms with Gasteiger partial charge in [-0.15, -0.1) is 0 Å². The highest BCUT2D eigenvalue weighted by Crippen LogP contribution is 2.41. The number of anilines is 3. The lowest BCUT2D eigenvalue weighted by Crippen LogP contribution is -2.10. The number of rotatable bonds is 8. The molecule has 0 bridgehead atoms. The summed E-state index contributed by atoms with van der Waals surface area (Å²) in [6.07, 6.45) is 4.14. The van der Waals surface area contributed by atoms with Crippen molar-refractivity contribution in [3.63, 3.8) is 0 Å². The first kappa shape index (κ1) is 33.3. The van der Waals surface area contributed by atoms with Crippen molar-refractivity contribution in [1.29, 1.82) is 0 Å². The summed E-state index contributed by atoms with van der Waals surface area (Å²) in [6.45, 7) is 4.51. The van der Waals surface area contributed by atoms with Crippen LogP contribution in [0.15, 0.2) is 201 Å². The van der Waals surface area contributed by atoms with Crippen molar-refractivity contribution in [2.24, 2.45) is 0 Å². The highest BCUT2D eigenvalue weighted by atomic mass is 15.2. The van der Waals surface area contributed by atoms with E-state index >= 15 is 0 Å². The molecule has 0 saturated heterocycles. The quantitative estimate of drug-likeness (QED) is 0.146. The molecule has 56 heavy (non-hydrogen) atoms. The molecule has 0 aliphatic heterocycles. The maximum Gasteiger partial charge on any atom is 0.168 e. The van der Waals surface area contributed by atoms with E-state index in [4.69, 9.17) is 4.98 Å². The third-order valence-electron chi connectivity index (χ3n) is 10.8. The van der Waals surface area contributed by atoms with Crippen LogP contribution in [0.4, 0.5) is 17.1 Å². The van der Waals surface area contributed by atoms with Gasteiger partial charge in [-0.3, -0.25) is 4.57 Å². The number of para-hydroxylation sites is 5. The van der Waals surface area contributed by atoms with Crippen molar-refractivity contribution in [3.05, 3.63) is 206 Å². The fraction of sp³-hybridized carbons (Fsp3) is 0.0588. The van der Waals surface area contributed by atoms with Crippen LogP contribution in [0.3, 0.4) is 0 Å². The molecule has 268 valence electrons. The maximum atomic E-state index is 5.01. The molecule has 0 aliphatic carbocycles. The Kier molecular flexibility index (Phi) is 8.26. The van der Waals surface area contributed by atoms with Gasteiger partial charge in [0.15, 0.2) is 17.4 Å². The molecule has 0 atom stereocenters. The van der Waals surface area contributed by atoms with Gasteiger partial charge in [0.05, 0.1) is 16.7 Å². The Bertz CT molecular complexity index is 3010. The molecule has 3 heterocycles. The standard InChI is InChI=1S/C51H40N5/c1-36(2)43-22-9-10-23-44(43)37-30-31-52-51(32-37)56-47-25-12-11-24-45(47)46-29-28-42(34-50(46)56)55(39-18-7-4-8-19-39)41-21-15-20-40(33-41)54-35-53(38-16-5-3-6-17-38)48-26-13-14-27-49(48)54/h3-36H,1-2H3/q+1. The second-order valence-corrected chi connectivity index (χ2v) is 14.6. The Morgan fingerprint density at radius 3 is 1.88 bits per heavy atom. The summed E-state index contributed by atoms with van der Waals surface area (Å²) in [6, 6.07) is 67.1. The number of hydrogen-bond acceptors (Lipinski definition) is 2. The van der Waals surface area contributed by atoms with Crippen LogP contribution in [0.2, 0.25) is 0 Å². The van der Waals surface area contributed by atoms with Crippen molar-refractivity contribution in [1.82, 2.24) is 18.7 Å².